The Bertz CT molecular complexity index is 628. The first-order valence-electron chi connectivity index (χ1n) is 5.56. The van der Waals surface area contributed by atoms with E-state index in [9.17, 15) is 14.9 Å². The Labute approximate surface area is 108 Å². The minimum Gasteiger partial charge on any atom is -0.320 e. The van der Waals surface area contributed by atoms with E-state index in [2.05, 4.69) is 15.5 Å². The van der Waals surface area contributed by atoms with Crippen LogP contribution in [0.1, 0.15) is 21.6 Å². The molecule has 0 fully saturated rings. The highest BCUT2D eigenvalue weighted by Crippen LogP contribution is 2.22. The lowest BCUT2D eigenvalue weighted by Crippen LogP contribution is -2.15. The van der Waals surface area contributed by atoms with E-state index < -0.39 is 10.8 Å². The Morgan fingerprint density at radius 2 is 2.00 bits per heavy atom. The maximum Gasteiger partial charge on any atom is 0.319 e. The summed E-state index contributed by atoms with van der Waals surface area (Å²) in [6.07, 6.45) is 1.01. The van der Waals surface area contributed by atoms with E-state index in [0.29, 0.717) is 5.69 Å². The van der Waals surface area contributed by atoms with Gasteiger partial charge in [-0.3, -0.25) is 20.0 Å². The molecule has 1 heterocycles. The molecular weight excluding hydrogens is 248 g/mol. The topological polar surface area (TPSA) is 101 Å². The zero-order valence-corrected chi connectivity index (χ0v) is 10.4. The standard InChI is InChI=1S/C12H12N4O3/c1-7-4-3-5-8(2)10(7)14-12(17)11-9(16(18)19)6-13-15-11/h3-6H,1-2H3,(H,13,15)(H,14,17). The van der Waals surface area contributed by atoms with Crippen LogP contribution < -0.4 is 5.32 Å². The Hall–Kier alpha value is -2.70. The average molecular weight is 260 g/mol. The largest absolute Gasteiger partial charge is 0.320 e. The van der Waals surface area contributed by atoms with E-state index in [1.54, 1.807) is 0 Å². The van der Waals surface area contributed by atoms with Gasteiger partial charge in [0.2, 0.25) is 5.69 Å². The predicted octanol–water partition coefficient (Wildman–Crippen LogP) is 2.19. The molecule has 0 radical (unpaired) electrons. The quantitative estimate of drug-likeness (QED) is 0.652. The number of carbonyl (C=O) groups excluding carboxylic acids is 1. The van der Waals surface area contributed by atoms with Crippen molar-refractivity contribution in [1.29, 1.82) is 0 Å². The van der Waals surface area contributed by atoms with Crippen LogP contribution in [-0.4, -0.2) is 21.0 Å². The lowest BCUT2D eigenvalue weighted by Gasteiger charge is -2.10. The van der Waals surface area contributed by atoms with E-state index in [1.807, 2.05) is 32.0 Å². The molecule has 1 aromatic carbocycles. The van der Waals surface area contributed by atoms with E-state index in [-0.39, 0.29) is 11.4 Å². The average Bonchev–Trinajstić information content (AvgIpc) is 2.83. The van der Waals surface area contributed by atoms with Crippen molar-refractivity contribution >= 4 is 17.3 Å². The van der Waals surface area contributed by atoms with E-state index in [1.165, 1.54) is 0 Å². The van der Waals surface area contributed by atoms with Crippen LogP contribution in [0.5, 0.6) is 0 Å². The van der Waals surface area contributed by atoms with Crippen LogP contribution >= 0.6 is 0 Å². The number of aromatic nitrogens is 2. The zero-order valence-electron chi connectivity index (χ0n) is 10.4. The number of nitro groups is 1. The van der Waals surface area contributed by atoms with Gasteiger partial charge < -0.3 is 5.32 Å². The summed E-state index contributed by atoms with van der Waals surface area (Å²) in [6.45, 7) is 3.70. The summed E-state index contributed by atoms with van der Waals surface area (Å²) in [6, 6.07) is 5.58. The summed E-state index contributed by atoms with van der Waals surface area (Å²) < 4.78 is 0. The van der Waals surface area contributed by atoms with Gasteiger partial charge in [0, 0.05) is 5.69 Å². The monoisotopic (exact) mass is 260 g/mol. The molecule has 0 aliphatic rings. The summed E-state index contributed by atoms with van der Waals surface area (Å²) >= 11 is 0. The number of aryl methyl sites for hydroxylation is 2. The van der Waals surface area contributed by atoms with Crippen molar-refractivity contribution in [3.05, 3.63) is 51.3 Å². The molecule has 7 nitrogen and oxygen atoms in total. The Morgan fingerprint density at radius 3 is 2.58 bits per heavy atom. The molecule has 0 unspecified atom stereocenters. The number of benzene rings is 1. The van der Waals surface area contributed by atoms with Crippen LogP contribution in [0.3, 0.4) is 0 Å². The molecular formula is C12H12N4O3. The SMILES string of the molecule is Cc1cccc(C)c1NC(=O)c1[nH]ncc1[N+](=O)[O-]. The lowest BCUT2D eigenvalue weighted by atomic mass is 10.1. The van der Waals surface area contributed by atoms with Crippen LogP contribution in [0.15, 0.2) is 24.4 Å². The summed E-state index contributed by atoms with van der Waals surface area (Å²) in [7, 11) is 0. The lowest BCUT2D eigenvalue weighted by molar-refractivity contribution is -0.385. The number of aromatic amines is 1. The van der Waals surface area contributed by atoms with Gasteiger partial charge in [-0.25, -0.2) is 0 Å². The highest BCUT2D eigenvalue weighted by atomic mass is 16.6. The van der Waals surface area contributed by atoms with Crippen LogP contribution in [0.2, 0.25) is 0 Å². The summed E-state index contributed by atoms with van der Waals surface area (Å²) in [4.78, 5) is 22.1. The molecule has 2 N–H and O–H groups in total. The van der Waals surface area contributed by atoms with Gasteiger partial charge in [-0.2, -0.15) is 5.10 Å². The van der Waals surface area contributed by atoms with Gasteiger partial charge in [0.15, 0.2) is 0 Å². The van der Waals surface area contributed by atoms with Gasteiger partial charge >= 0.3 is 5.69 Å². The fourth-order valence-corrected chi connectivity index (χ4v) is 1.77. The van der Waals surface area contributed by atoms with Gasteiger partial charge in [-0.1, -0.05) is 18.2 Å². The number of hydrogen-bond donors (Lipinski definition) is 2. The molecule has 2 aromatic rings. The van der Waals surface area contributed by atoms with Crippen molar-refractivity contribution < 1.29 is 9.72 Å². The first-order chi connectivity index (χ1) is 9.00. The molecule has 0 saturated heterocycles. The van der Waals surface area contributed by atoms with E-state index in [0.717, 1.165) is 17.3 Å². The number of H-pyrrole nitrogens is 1. The first-order valence-corrected chi connectivity index (χ1v) is 5.56. The highest BCUT2D eigenvalue weighted by molar-refractivity contribution is 6.06. The van der Waals surface area contributed by atoms with Crippen LogP contribution in [-0.2, 0) is 0 Å². The third-order valence-electron chi connectivity index (χ3n) is 2.76. The van der Waals surface area contributed by atoms with E-state index >= 15 is 0 Å². The first kappa shape index (κ1) is 12.7. The molecule has 0 bridgehead atoms. The van der Waals surface area contributed by atoms with Gasteiger partial charge in [0.05, 0.1) is 4.92 Å². The van der Waals surface area contributed by atoms with Crippen molar-refractivity contribution in [1.82, 2.24) is 10.2 Å². The second-order valence-corrected chi connectivity index (χ2v) is 4.11. The fourth-order valence-electron chi connectivity index (χ4n) is 1.77. The van der Waals surface area contributed by atoms with Crippen molar-refractivity contribution in [2.24, 2.45) is 0 Å². The van der Waals surface area contributed by atoms with E-state index in [4.69, 9.17) is 0 Å². The van der Waals surface area contributed by atoms with Crippen molar-refractivity contribution in [2.45, 2.75) is 13.8 Å². The van der Waals surface area contributed by atoms with Gasteiger partial charge in [0.1, 0.15) is 6.20 Å². The summed E-state index contributed by atoms with van der Waals surface area (Å²) in [5, 5.41) is 19.3. The van der Waals surface area contributed by atoms with Crippen LogP contribution in [0.25, 0.3) is 0 Å². The fraction of sp³-hybridized carbons (Fsp3) is 0.167. The third-order valence-corrected chi connectivity index (χ3v) is 2.76. The van der Waals surface area contributed by atoms with Crippen molar-refractivity contribution in [3.8, 4) is 0 Å². The summed E-state index contributed by atoms with van der Waals surface area (Å²) in [5.41, 5.74) is 1.92. The smallest absolute Gasteiger partial charge is 0.319 e. The van der Waals surface area contributed by atoms with Gasteiger partial charge in [-0.05, 0) is 25.0 Å². The Kier molecular flexibility index (Phi) is 3.28. The maximum atomic E-state index is 12.0. The minimum atomic E-state index is -0.650. The Morgan fingerprint density at radius 1 is 1.37 bits per heavy atom. The summed E-state index contributed by atoms with van der Waals surface area (Å²) in [5.74, 6) is -0.582. The molecule has 1 amide bonds. The molecule has 19 heavy (non-hydrogen) atoms. The molecule has 7 heteroatoms. The molecule has 1 aromatic heterocycles. The number of hydrogen-bond acceptors (Lipinski definition) is 4. The molecule has 0 aliphatic heterocycles. The second-order valence-electron chi connectivity index (χ2n) is 4.11. The van der Waals surface area contributed by atoms with Crippen LogP contribution in [0.4, 0.5) is 11.4 Å². The predicted molar refractivity (Wildman–Crippen MR) is 69.1 cm³/mol. The van der Waals surface area contributed by atoms with Gasteiger partial charge in [0.25, 0.3) is 5.91 Å². The second kappa shape index (κ2) is 4.89. The number of carbonyl (C=O) groups is 1. The number of amides is 1. The van der Waals surface area contributed by atoms with Crippen molar-refractivity contribution in [2.75, 3.05) is 5.32 Å². The molecule has 2 rings (SSSR count). The van der Waals surface area contributed by atoms with Gasteiger partial charge in [-0.15, -0.1) is 0 Å². The minimum absolute atomic E-state index is 0.160. The zero-order chi connectivity index (χ0) is 14.0. The number of para-hydroxylation sites is 1. The normalized spacial score (nSPS) is 10.2. The molecule has 98 valence electrons. The molecule has 0 aliphatic carbocycles. The number of nitrogens with one attached hydrogen (secondary N) is 2. The van der Waals surface area contributed by atoms with Crippen molar-refractivity contribution in [3.63, 3.8) is 0 Å². The number of rotatable bonds is 3. The Balaban J connectivity index is 2.31. The highest BCUT2D eigenvalue weighted by Gasteiger charge is 2.23. The molecule has 0 atom stereocenters. The number of anilines is 1. The third kappa shape index (κ3) is 2.44. The maximum absolute atomic E-state index is 12.0. The number of nitrogens with zero attached hydrogens (tertiary/aromatic N) is 2. The van der Waals surface area contributed by atoms with Crippen LogP contribution in [0, 0.1) is 24.0 Å². The molecule has 0 saturated carbocycles. The molecule has 0 spiro atoms.